The number of hydrogen-bond acceptors (Lipinski definition) is 7. The van der Waals surface area contributed by atoms with E-state index in [1.807, 2.05) is 6.07 Å². The smallest absolute Gasteiger partial charge is 0.210 e. The Balaban J connectivity index is 1.92. The van der Waals surface area contributed by atoms with Crippen molar-refractivity contribution in [2.45, 2.75) is 23.7 Å². The molecular formula is C20H22ClNO5S. The number of carbonyl (C=O) groups excluding carboxylic acids is 1. The number of benzene rings is 2. The number of ether oxygens (including phenoxy) is 4. The molecule has 8 heteroatoms. The SMILES string of the molecule is COc1cc(NSC2(Cl)C(=O)c3ccccc3OC2(C)C)cc(OC)c1OC. The Morgan fingerprint density at radius 2 is 1.64 bits per heavy atom. The van der Waals surface area contributed by atoms with E-state index in [1.54, 1.807) is 44.2 Å². The Hall–Kier alpha value is -2.25. The molecule has 0 radical (unpaired) electrons. The first kappa shape index (κ1) is 20.5. The first-order chi connectivity index (χ1) is 13.3. The largest absolute Gasteiger partial charge is 0.493 e. The number of fused-ring (bicyclic) bond motifs is 1. The van der Waals surface area contributed by atoms with Crippen LogP contribution in [-0.2, 0) is 0 Å². The van der Waals surface area contributed by atoms with Crippen molar-refractivity contribution >= 4 is 35.0 Å². The minimum atomic E-state index is -1.39. The molecule has 0 saturated heterocycles. The van der Waals surface area contributed by atoms with Crippen molar-refractivity contribution in [1.29, 1.82) is 0 Å². The molecule has 1 aliphatic rings. The van der Waals surface area contributed by atoms with Crippen LogP contribution in [0.15, 0.2) is 36.4 Å². The summed E-state index contributed by atoms with van der Waals surface area (Å²) < 4.78 is 23.9. The Morgan fingerprint density at radius 3 is 2.21 bits per heavy atom. The van der Waals surface area contributed by atoms with Crippen LogP contribution in [0, 0.1) is 0 Å². The lowest BCUT2D eigenvalue weighted by Gasteiger charge is -2.43. The van der Waals surface area contributed by atoms with Gasteiger partial charge in [-0.1, -0.05) is 23.7 Å². The molecule has 1 N–H and O–H groups in total. The number of anilines is 1. The van der Waals surface area contributed by atoms with Crippen molar-refractivity contribution in [3.05, 3.63) is 42.0 Å². The van der Waals surface area contributed by atoms with E-state index in [2.05, 4.69) is 4.72 Å². The maximum absolute atomic E-state index is 13.2. The number of para-hydroxylation sites is 1. The monoisotopic (exact) mass is 423 g/mol. The van der Waals surface area contributed by atoms with E-state index in [9.17, 15) is 4.79 Å². The van der Waals surface area contributed by atoms with E-state index in [1.165, 1.54) is 21.3 Å². The second-order valence-electron chi connectivity index (χ2n) is 6.65. The van der Waals surface area contributed by atoms with Crippen LogP contribution < -0.4 is 23.7 Å². The van der Waals surface area contributed by atoms with Gasteiger partial charge >= 0.3 is 0 Å². The highest BCUT2D eigenvalue weighted by Crippen LogP contribution is 2.50. The van der Waals surface area contributed by atoms with Crippen LogP contribution in [0.2, 0.25) is 0 Å². The molecule has 28 heavy (non-hydrogen) atoms. The van der Waals surface area contributed by atoms with Crippen molar-refractivity contribution < 1.29 is 23.7 Å². The lowest BCUT2D eigenvalue weighted by Crippen LogP contribution is -2.56. The van der Waals surface area contributed by atoms with E-state index in [0.717, 1.165) is 11.9 Å². The molecule has 0 fully saturated rings. The van der Waals surface area contributed by atoms with E-state index < -0.39 is 9.81 Å². The minimum absolute atomic E-state index is 0.217. The molecule has 0 saturated carbocycles. The summed E-state index contributed by atoms with van der Waals surface area (Å²) in [6, 6.07) is 10.6. The zero-order valence-corrected chi connectivity index (χ0v) is 17.9. The molecule has 0 aliphatic carbocycles. The van der Waals surface area contributed by atoms with Gasteiger partial charge in [0.1, 0.15) is 11.4 Å². The predicted molar refractivity (Wildman–Crippen MR) is 111 cm³/mol. The van der Waals surface area contributed by atoms with Crippen LogP contribution in [0.25, 0.3) is 0 Å². The van der Waals surface area contributed by atoms with Gasteiger partial charge < -0.3 is 23.7 Å². The second-order valence-corrected chi connectivity index (χ2v) is 8.46. The molecule has 0 amide bonds. The molecular weight excluding hydrogens is 402 g/mol. The summed E-state index contributed by atoms with van der Waals surface area (Å²) in [5, 5.41) is 0. The number of nitrogens with one attached hydrogen (secondary N) is 1. The minimum Gasteiger partial charge on any atom is -0.493 e. The van der Waals surface area contributed by atoms with Crippen LogP contribution >= 0.6 is 23.5 Å². The average molecular weight is 424 g/mol. The molecule has 2 aromatic carbocycles. The molecule has 1 unspecified atom stereocenters. The topological polar surface area (TPSA) is 66.0 Å². The highest BCUT2D eigenvalue weighted by Gasteiger charge is 2.57. The molecule has 1 atom stereocenters. The van der Waals surface area contributed by atoms with E-state index in [4.69, 9.17) is 30.5 Å². The standard InChI is InChI=1S/C20H22ClNO5S/c1-19(2)20(21,18(23)13-8-6-7-9-14(13)27-19)28-22-12-10-15(24-3)17(26-5)16(11-12)25-4/h6-11,22H,1-5H3. The molecule has 0 bridgehead atoms. The summed E-state index contributed by atoms with van der Waals surface area (Å²) >= 11 is 7.91. The predicted octanol–water partition coefficient (Wildman–Crippen LogP) is 4.76. The molecule has 150 valence electrons. The molecule has 0 spiro atoms. The van der Waals surface area contributed by atoms with Crippen LogP contribution in [0.5, 0.6) is 23.0 Å². The van der Waals surface area contributed by atoms with E-state index >= 15 is 0 Å². The number of methoxy groups -OCH3 is 3. The summed E-state index contributed by atoms with van der Waals surface area (Å²) in [5.74, 6) is 1.77. The van der Waals surface area contributed by atoms with Crippen LogP contribution in [0.4, 0.5) is 5.69 Å². The number of halogens is 1. The zero-order chi connectivity index (χ0) is 20.5. The Labute approximate surface area is 173 Å². The van der Waals surface area contributed by atoms with Crippen molar-refractivity contribution in [2.24, 2.45) is 0 Å². The quantitative estimate of drug-likeness (QED) is 0.530. The van der Waals surface area contributed by atoms with Gasteiger partial charge in [-0.3, -0.25) is 4.79 Å². The molecule has 3 rings (SSSR count). The Bertz CT molecular complexity index is 879. The summed E-state index contributed by atoms with van der Waals surface area (Å²) in [4.78, 5) is 13.2. The van der Waals surface area contributed by atoms with E-state index in [0.29, 0.717) is 34.2 Å². The fraction of sp³-hybridized carbons (Fsp3) is 0.350. The molecule has 0 aromatic heterocycles. The number of Topliss-reactive ketones (excluding diaryl/α,β-unsaturated/α-hetero) is 1. The number of rotatable bonds is 6. The van der Waals surface area contributed by atoms with Crippen molar-refractivity contribution in [1.82, 2.24) is 0 Å². The van der Waals surface area contributed by atoms with Gasteiger partial charge in [0.05, 0.1) is 32.6 Å². The number of alkyl halides is 1. The summed E-state index contributed by atoms with van der Waals surface area (Å²) in [6.07, 6.45) is 0. The van der Waals surface area contributed by atoms with Crippen LogP contribution in [0.1, 0.15) is 24.2 Å². The normalized spacial score (nSPS) is 20.0. The van der Waals surface area contributed by atoms with Gasteiger partial charge in [0, 0.05) is 12.1 Å². The number of hydrogen-bond donors (Lipinski definition) is 1. The van der Waals surface area contributed by atoms with Gasteiger partial charge in [-0.15, -0.1) is 0 Å². The fourth-order valence-electron chi connectivity index (χ4n) is 2.97. The maximum atomic E-state index is 13.2. The third-order valence-electron chi connectivity index (χ3n) is 4.54. The van der Waals surface area contributed by atoms with Crippen LogP contribution in [0.3, 0.4) is 0 Å². The first-order valence-corrected chi connectivity index (χ1v) is 9.72. The van der Waals surface area contributed by atoms with Gasteiger partial charge in [0.2, 0.25) is 15.7 Å². The third kappa shape index (κ3) is 3.33. The first-order valence-electron chi connectivity index (χ1n) is 8.53. The summed E-state index contributed by atoms with van der Waals surface area (Å²) in [5.41, 5.74) is 0.135. The molecule has 1 aliphatic heterocycles. The highest BCUT2D eigenvalue weighted by atomic mass is 35.5. The van der Waals surface area contributed by atoms with Crippen molar-refractivity contribution in [2.75, 3.05) is 26.1 Å². The maximum Gasteiger partial charge on any atom is 0.210 e. The number of carbonyl (C=O) groups is 1. The molecule has 6 nitrogen and oxygen atoms in total. The second kappa shape index (κ2) is 7.64. The van der Waals surface area contributed by atoms with Crippen molar-refractivity contribution in [3.8, 4) is 23.0 Å². The van der Waals surface area contributed by atoms with Crippen molar-refractivity contribution in [3.63, 3.8) is 0 Å². The lowest BCUT2D eigenvalue weighted by atomic mass is 9.92. The van der Waals surface area contributed by atoms with Gasteiger partial charge in [-0.25, -0.2) is 0 Å². The average Bonchev–Trinajstić information content (AvgIpc) is 2.69. The Morgan fingerprint density at radius 1 is 1.04 bits per heavy atom. The summed E-state index contributed by atoms with van der Waals surface area (Å²) in [6.45, 7) is 3.58. The van der Waals surface area contributed by atoms with Gasteiger partial charge in [0.15, 0.2) is 11.5 Å². The third-order valence-corrected chi connectivity index (χ3v) is 6.69. The van der Waals surface area contributed by atoms with Crippen LogP contribution in [-0.4, -0.2) is 36.9 Å². The molecule has 2 aromatic rings. The molecule has 1 heterocycles. The Kier molecular flexibility index (Phi) is 5.59. The lowest BCUT2D eigenvalue weighted by molar-refractivity contribution is 0.0579. The zero-order valence-electron chi connectivity index (χ0n) is 16.3. The number of ketones is 1. The van der Waals surface area contributed by atoms with Gasteiger partial charge in [-0.05, 0) is 37.9 Å². The van der Waals surface area contributed by atoms with Gasteiger partial charge in [0.25, 0.3) is 0 Å². The van der Waals surface area contributed by atoms with E-state index in [-0.39, 0.29) is 5.78 Å². The summed E-state index contributed by atoms with van der Waals surface area (Å²) in [7, 11) is 4.61. The highest BCUT2D eigenvalue weighted by molar-refractivity contribution is 8.04. The fourth-order valence-corrected chi connectivity index (χ4v) is 4.09. The van der Waals surface area contributed by atoms with Gasteiger partial charge in [-0.2, -0.15) is 0 Å².